The molecule has 0 saturated carbocycles. The van der Waals surface area contributed by atoms with Crippen LogP contribution in [0.4, 0.5) is 5.95 Å². The van der Waals surface area contributed by atoms with Crippen LogP contribution in [-0.4, -0.2) is 29.7 Å². The second-order valence-electron chi connectivity index (χ2n) is 3.97. The van der Waals surface area contributed by atoms with E-state index in [0.29, 0.717) is 25.6 Å². The Morgan fingerprint density at radius 1 is 1.11 bits per heavy atom. The van der Waals surface area contributed by atoms with E-state index < -0.39 is 0 Å². The molecule has 2 aromatic rings. The average Bonchev–Trinajstić information content (AvgIpc) is 2.47. The first-order chi connectivity index (χ1) is 9.33. The monoisotopic (exact) mass is 258 g/mol. The molecule has 2 rings (SSSR count). The van der Waals surface area contributed by atoms with Crippen LogP contribution in [0.5, 0.6) is 5.75 Å². The lowest BCUT2D eigenvalue weighted by Crippen LogP contribution is -2.14. The first-order valence-corrected chi connectivity index (χ1v) is 6.32. The molecular formula is C14H18N4O. The molecule has 0 aliphatic rings. The van der Waals surface area contributed by atoms with E-state index >= 15 is 0 Å². The summed E-state index contributed by atoms with van der Waals surface area (Å²) in [5.41, 5.74) is 7.44. The maximum Gasteiger partial charge on any atom is 0.222 e. The summed E-state index contributed by atoms with van der Waals surface area (Å²) in [5.74, 6) is 1.47. The second-order valence-corrected chi connectivity index (χ2v) is 3.97. The van der Waals surface area contributed by atoms with Crippen molar-refractivity contribution in [3.8, 4) is 16.9 Å². The lowest BCUT2D eigenvalue weighted by Gasteiger charge is -2.06. The van der Waals surface area contributed by atoms with Gasteiger partial charge >= 0.3 is 0 Å². The van der Waals surface area contributed by atoms with Crippen LogP contribution in [0, 0.1) is 0 Å². The summed E-state index contributed by atoms with van der Waals surface area (Å²) in [6.07, 6.45) is 3.59. The van der Waals surface area contributed by atoms with Gasteiger partial charge in [-0.2, -0.15) is 0 Å². The van der Waals surface area contributed by atoms with Crippen LogP contribution in [0.2, 0.25) is 0 Å². The van der Waals surface area contributed by atoms with Crippen molar-refractivity contribution < 1.29 is 4.74 Å². The van der Waals surface area contributed by atoms with Gasteiger partial charge < -0.3 is 15.8 Å². The van der Waals surface area contributed by atoms with Gasteiger partial charge in [0.15, 0.2) is 0 Å². The van der Waals surface area contributed by atoms with Crippen LogP contribution in [0.25, 0.3) is 11.1 Å². The molecule has 1 aromatic carbocycles. The molecule has 1 heterocycles. The highest BCUT2D eigenvalue weighted by atomic mass is 16.5. The predicted octanol–water partition coefficient (Wildman–Crippen LogP) is 1.91. The van der Waals surface area contributed by atoms with Crippen LogP contribution in [0.15, 0.2) is 36.7 Å². The second kappa shape index (κ2) is 6.70. The third kappa shape index (κ3) is 3.66. The first-order valence-electron chi connectivity index (χ1n) is 6.32. The van der Waals surface area contributed by atoms with Gasteiger partial charge in [0.05, 0.1) is 6.61 Å². The molecule has 0 bridgehead atoms. The zero-order valence-corrected chi connectivity index (χ0v) is 11.0. The zero-order valence-electron chi connectivity index (χ0n) is 11.0. The summed E-state index contributed by atoms with van der Waals surface area (Å²) in [7, 11) is 0. The highest BCUT2D eigenvalue weighted by Crippen LogP contribution is 2.21. The minimum atomic E-state index is 0.560. The molecule has 0 spiro atoms. The van der Waals surface area contributed by atoms with Crippen LogP contribution in [-0.2, 0) is 0 Å². The lowest BCUT2D eigenvalue weighted by molar-refractivity contribution is 0.340. The molecule has 0 saturated heterocycles. The Morgan fingerprint density at radius 2 is 1.79 bits per heavy atom. The molecule has 0 radical (unpaired) electrons. The Labute approximate surface area is 112 Å². The number of aromatic nitrogens is 2. The number of rotatable bonds is 6. The summed E-state index contributed by atoms with van der Waals surface area (Å²) in [4.78, 5) is 8.48. The summed E-state index contributed by atoms with van der Waals surface area (Å²) in [6, 6.07) is 7.88. The van der Waals surface area contributed by atoms with Gasteiger partial charge in [-0.1, -0.05) is 12.1 Å². The van der Waals surface area contributed by atoms with Crippen molar-refractivity contribution in [2.75, 3.05) is 25.0 Å². The van der Waals surface area contributed by atoms with Gasteiger partial charge in [0.1, 0.15) is 5.75 Å². The Morgan fingerprint density at radius 3 is 2.37 bits per heavy atom. The molecule has 0 aliphatic carbocycles. The van der Waals surface area contributed by atoms with Crippen LogP contribution >= 0.6 is 0 Å². The van der Waals surface area contributed by atoms with Crippen molar-refractivity contribution in [3.05, 3.63) is 36.7 Å². The van der Waals surface area contributed by atoms with Gasteiger partial charge in [-0.25, -0.2) is 9.97 Å². The molecule has 0 fully saturated rings. The molecule has 5 nitrogen and oxygen atoms in total. The number of ether oxygens (including phenoxy) is 1. The van der Waals surface area contributed by atoms with E-state index in [1.807, 2.05) is 31.2 Å². The standard InChI is InChI=1S/C14H18N4O/c1-2-19-13-5-3-11(4-6-13)12-9-17-14(18-10-12)16-8-7-15/h3-6,9-10H,2,7-8,15H2,1H3,(H,16,17,18). The maximum atomic E-state index is 5.41. The largest absolute Gasteiger partial charge is 0.494 e. The number of nitrogens with two attached hydrogens (primary N) is 1. The normalized spacial score (nSPS) is 10.2. The lowest BCUT2D eigenvalue weighted by atomic mass is 10.1. The number of benzene rings is 1. The van der Waals surface area contributed by atoms with Gasteiger partial charge in [-0.15, -0.1) is 0 Å². The van der Waals surface area contributed by atoms with Crippen LogP contribution in [0.3, 0.4) is 0 Å². The fourth-order valence-corrected chi connectivity index (χ4v) is 1.66. The first kappa shape index (κ1) is 13.3. The van der Waals surface area contributed by atoms with Crippen LogP contribution in [0.1, 0.15) is 6.92 Å². The number of nitrogens with one attached hydrogen (secondary N) is 1. The number of hydrogen-bond acceptors (Lipinski definition) is 5. The fraction of sp³-hybridized carbons (Fsp3) is 0.286. The third-order valence-corrected chi connectivity index (χ3v) is 2.58. The highest BCUT2D eigenvalue weighted by Gasteiger charge is 2.01. The van der Waals surface area contributed by atoms with Gasteiger partial charge in [0.25, 0.3) is 0 Å². The SMILES string of the molecule is CCOc1ccc(-c2cnc(NCCN)nc2)cc1. The third-order valence-electron chi connectivity index (χ3n) is 2.58. The van der Waals surface area contributed by atoms with Gasteiger partial charge in [0.2, 0.25) is 5.95 Å². The van der Waals surface area contributed by atoms with E-state index in [1.165, 1.54) is 0 Å². The molecule has 0 unspecified atom stereocenters. The van der Waals surface area contributed by atoms with E-state index in [2.05, 4.69) is 15.3 Å². The quantitative estimate of drug-likeness (QED) is 0.828. The Bertz CT molecular complexity index is 496. The predicted molar refractivity (Wildman–Crippen MR) is 76.2 cm³/mol. The summed E-state index contributed by atoms with van der Waals surface area (Å²) >= 11 is 0. The van der Waals surface area contributed by atoms with Crippen molar-refractivity contribution in [1.82, 2.24) is 9.97 Å². The Kier molecular flexibility index (Phi) is 4.69. The van der Waals surface area contributed by atoms with Crippen molar-refractivity contribution in [3.63, 3.8) is 0 Å². The highest BCUT2D eigenvalue weighted by molar-refractivity contribution is 5.62. The molecule has 1 aromatic heterocycles. The van der Waals surface area contributed by atoms with E-state index in [9.17, 15) is 0 Å². The summed E-state index contributed by atoms with van der Waals surface area (Å²) in [6.45, 7) is 3.87. The van der Waals surface area contributed by atoms with E-state index in [4.69, 9.17) is 10.5 Å². The van der Waals surface area contributed by atoms with Crippen molar-refractivity contribution in [2.24, 2.45) is 5.73 Å². The Balaban J connectivity index is 2.08. The number of hydrogen-bond donors (Lipinski definition) is 2. The van der Waals surface area contributed by atoms with Crippen molar-refractivity contribution in [1.29, 1.82) is 0 Å². The minimum absolute atomic E-state index is 0.560. The smallest absolute Gasteiger partial charge is 0.222 e. The maximum absolute atomic E-state index is 5.41. The van der Waals surface area contributed by atoms with E-state index in [-0.39, 0.29) is 0 Å². The average molecular weight is 258 g/mol. The molecule has 19 heavy (non-hydrogen) atoms. The summed E-state index contributed by atoms with van der Waals surface area (Å²) in [5, 5.41) is 3.03. The minimum Gasteiger partial charge on any atom is -0.494 e. The van der Waals surface area contributed by atoms with Crippen molar-refractivity contribution in [2.45, 2.75) is 6.92 Å². The van der Waals surface area contributed by atoms with E-state index in [0.717, 1.165) is 16.9 Å². The van der Waals surface area contributed by atoms with Gasteiger partial charge in [-0.3, -0.25) is 0 Å². The van der Waals surface area contributed by atoms with Gasteiger partial charge in [-0.05, 0) is 24.6 Å². The molecule has 0 aliphatic heterocycles. The molecule has 0 atom stereocenters. The molecular weight excluding hydrogens is 240 g/mol. The zero-order chi connectivity index (χ0) is 13.5. The summed E-state index contributed by atoms with van der Waals surface area (Å²) < 4.78 is 5.41. The van der Waals surface area contributed by atoms with Crippen molar-refractivity contribution >= 4 is 5.95 Å². The molecule has 3 N–H and O–H groups in total. The van der Waals surface area contributed by atoms with Gasteiger partial charge in [0, 0.05) is 31.0 Å². The molecule has 100 valence electrons. The topological polar surface area (TPSA) is 73.1 Å². The van der Waals surface area contributed by atoms with E-state index in [1.54, 1.807) is 12.4 Å². The Hall–Kier alpha value is -2.14. The molecule has 0 amide bonds. The number of nitrogens with zero attached hydrogens (tertiary/aromatic N) is 2. The fourth-order valence-electron chi connectivity index (χ4n) is 1.66. The molecule has 5 heteroatoms. The number of anilines is 1. The van der Waals surface area contributed by atoms with Crippen LogP contribution < -0.4 is 15.8 Å².